The molecule has 1 amide bonds. The number of rotatable bonds is 5. The molecule has 1 aromatic carbocycles. The Morgan fingerprint density at radius 3 is 2.43 bits per heavy atom. The van der Waals surface area contributed by atoms with Crippen LogP contribution in [0.4, 0.5) is 5.69 Å². The highest BCUT2D eigenvalue weighted by atomic mass is 32.1. The highest BCUT2D eigenvalue weighted by molar-refractivity contribution is 7.13. The number of hydrogen-bond donors (Lipinski definition) is 1. The van der Waals surface area contributed by atoms with Crippen LogP contribution in [-0.4, -0.2) is 25.6 Å². The van der Waals surface area contributed by atoms with Crippen molar-refractivity contribution in [1.82, 2.24) is 0 Å². The lowest BCUT2D eigenvalue weighted by atomic mass is 10.3. The molecule has 0 radical (unpaired) electrons. The first-order chi connectivity index (χ1) is 10.1. The quantitative estimate of drug-likeness (QED) is 0.863. The SMILES string of the molecule is COc1ccc(NC(=O)COC(=O)c2ccc(C)s2)cc1. The summed E-state index contributed by atoms with van der Waals surface area (Å²) in [6.45, 7) is 1.58. The standard InChI is InChI=1S/C15H15NO4S/c1-10-3-8-13(21-10)15(18)20-9-14(17)16-11-4-6-12(19-2)7-5-11/h3-8H,9H2,1-2H3,(H,16,17). The van der Waals surface area contributed by atoms with Crippen LogP contribution < -0.4 is 10.1 Å². The first-order valence-corrected chi connectivity index (χ1v) is 7.07. The number of nitrogens with one attached hydrogen (secondary N) is 1. The van der Waals surface area contributed by atoms with E-state index in [1.54, 1.807) is 37.4 Å². The molecule has 0 aliphatic heterocycles. The Labute approximate surface area is 126 Å². The van der Waals surface area contributed by atoms with Crippen LogP contribution in [0.5, 0.6) is 5.75 Å². The summed E-state index contributed by atoms with van der Waals surface area (Å²) in [5.74, 6) is -0.174. The van der Waals surface area contributed by atoms with Crippen LogP contribution in [0.25, 0.3) is 0 Å². The van der Waals surface area contributed by atoms with Gasteiger partial charge in [0.05, 0.1) is 7.11 Å². The summed E-state index contributed by atoms with van der Waals surface area (Å²) >= 11 is 1.34. The van der Waals surface area contributed by atoms with E-state index in [0.29, 0.717) is 16.3 Å². The van der Waals surface area contributed by atoms with Gasteiger partial charge in [-0.25, -0.2) is 4.79 Å². The molecule has 6 heteroatoms. The molecular formula is C15H15NO4S. The zero-order chi connectivity index (χ0) is 15.2. The molecule has 0 atom stereocenters. The van der Waals surface area contributed by atoms with E-state index in [1.165, 1.54) is 11.3 Å². The molecule has 0 aliphatic carbocycles. The van der Waals surface area contributed by atoms with Crippen molar-refractivity contribution in [3.63, 3.8) is 0 Å². The Morgan fingerprint density at radius 1 is 1.14 bits per heavy atom. The summed E-state index contributed by atoms with van der Waals surface area (Å²) < 4.78 is 9.98. The summed E-state index contributed by atoms with van der Waals surface area (Å²) in [6, 6.07) is 10.4. The Hall–Kier alpha value is -2.34. The smallest absolute Gasteiger partial charge is 0.348 e. The lowest BCUT2D eigenvalue weighted by Crippen LogP contribution is -2.20. The van der Waals surface area contributed by atoms with Gasteiger partial charge in [0, 0.05) is 10.6 Å². The zero-order valence-corrected chi connectivity index (χ0v) is 12.5. The highest BCUT2D eigenvalue weighted by Gasteiger charge is 2.12. The molecule has 1 aromatic heterocycles. The molecular weight excluding hydrogens is 290 g/mol. The molecule has 0 unspecified atom stereocenters. The van der Waals surface area contributed by atoms with Crippen LogP contribution in [-0.2, 0) is 9.53 Å². The van der Waals surface area contributed by atoms with Gasteiger partial charge in [-0.1, -0.05) is 0 Å². The molecule has 2 aromatic rings. The van der Waals surface area contributed by atoms with Crippen molar-refractivity contribution in [2.24, 2.45) is 0 Å². The first kappa shape index (κ1) is 15.1. The van der Waals surface area contributed by atoms with E-state index in [4.69, 9.17) is 9.47 Å². The number of methoxy groups -OCH3 is 1. The van der Waals surface area contributed by atoms with Gasteiger partial charge in [-0.2, -0.15) is 0 Å². The second-order valence-electron chi connectivity index (χ2n) is 4.26. The van der Waals surface area contributed by atoms with E-state index in [-0.39, 0.29) is 12.5 Å². The molecule has 0 spiro atoms. The lowest BCUT2D eigenvalue weighted by Gasteiger charge is -2.06. The number of ether oxygens (including phenoxy) is 2. The van der Waals surface area contributed by atoms with Gasteiger partial charge in [0.25, 0.3) is 5.91 Å². The molecule has 21 heavy (non-hydrogen) atoms. The van der Waals surface area contributed by atoms with Crippen LogP contribution >= 0.6 is 11.3 Å². The second kappa shape index (κ2) is 6.90. The van der Waals surface area contributed by atoms with Crippen LogP contribution in [0.15, 0.2) is 36.4 Å². The molecule has 0 aliphatic rings. The summed E-state index contributed by atoms with van der Waals surface area (Å²) in [5.41, 5.74) is 0.615. The summed E-state index contributed by atoms with van der Waals surface area (Å²) in [6.07, 6.45) is 0. The number of hydrogen-bond acceptors (Lipinski definition) is 5. The number of carbonyl (C=O) groups is 2. The summed E-state index contributed by atoms with van der Waals surface area (Å²) in [5, 5.41) is 2.64. The Kier molecular flexibility index (Phi) is 4.94. The van der Waals surface area contributed by atoms with Gasteiger partial charge in [-0.15, -0.1) is 11.3 Å². The van der Waals surface area contributed by atoms with Crippen molar-refractivity contribution in [1.29, 1.82) is 0 Å². The number of carbonyl (C=O) groups excluding carboxylic acids is 2. The molecule has 2 rings (SSSR count). The molecule has 0 bridgehead atoms. The van der Waals surface area contributed by atoms with Gasteiger partial charge in [-0.05, 0) is 43.3 Å². The molecule has 0 fully saturated rings. The largest absolute Gasteiger partial charge is 0.497 e. The van der Waals surface area contributed by atoms with Gasteiger partial charge in [0.2, 0.25) is 0 Å². The normalized spacial score (nSPS) is 10.0. The topological polar surface area (TPSA) is 64.6 Å². The van der Waals surface area contributed by atoms with E-state index in [9.17, 15) is 9.59 Å². The van der Waals surface area contributed by atoms with Crippen molar-refractivity contribution in [2.75, 3.05) is 19.0 Å². The average molecular weight is 305 g/mol. The third-order valence-electron chi connectivity index (χ3n) is 2.65. The number of anilines is 1. The van der Waals surface area contributed by atoms with Crippen molar-refractivity contribution in [3.05, 3.63) is 46.2 Å². The van der Waals surface area contributed by atoms with E-state index in [1.807, 2.05) is 13.0 Å². The van der Waals surface area contributed by atoms with Gasteiger partial charge in [0.1, 0.15) is 10.6 Å². The number of amides is 1. The maximum absolute atomic E-state index is 11.7. The predicted molar refractivity (Wildman–Crippen MR) is 81.0 cm³/mol. The number of aryl methyl sites for hydroxylation is 1. The first-order valence-electron chi connectivity index (χ1n) is 6.26. The maximum atomic E-state index is 11.7. The van der Waals surface area contributed by atoms with Gasteiger partial charge >= 0.3 is 5.97 Å². The molecule has 110 valence electrons. The fraction of sp³-hybridized carbons (Fsp3) is 0.200. The van der Waals surface area contributed by atoms with Gasteiger partial charge in [0.15, 0.2) is 6.61 Å². The Bertz CT molecular complexity index is 633. The van der Waals surface area contributed by atoms with Crippen molar-refractivity contribution in [3.8, 4) is 5.75 Å². The van der Waals surface area contributed by atoms with E-state index < -0.39 is 5.97 Å². The molecule has 5 nitrogen and oxygen atoms in total. The highest BCUT2D eigenvalue weighted by Crippen LogP contribution is 2.16. The molecule has 1 N–H and O–H groups in total. The van der Waals surface area contributed by atoms with Crippen LogP contribution in [0.3, 0.4) is 0 Å². The number of benzene rings is 1. The zero-order valence-electron chi connectivity index (χ0n) is 11.7. The van der Waals surface area contributed by atoms with Crippen LogP contribution in [0, 0.1) is 6.92 Å². The molecule has 0 saturated heterocycles. The van der Waals surface area contributed by atoms with E-state index in [2.05, 4.69) is 5.32 Å². The Balaban J connectivity index is 1.82. The van der Waals surface area contributed by atoms with E-state index in [0.717, 1.165) is 4.88 Å². The van der Waals surface area contributed by atoms with Crippen LogP contribution in [0.2, 0.25) is 0 Å². The predicted octanol–water partition coefficient (Wildman–Crippen LogP) is 2.86. The van der Waals surface area contributed by atoms with Crippen molar-refractivity contribution < 1.29 is 19.1 Å². The third kappa shape index (κ3) is 4.32. The van der Waals surface area contributed by atoms with Gasteiger partial charge < -0.3 is 14.8 Å². The minimum atomic E-state index is -0.488. The Morgan fingerprint density at radius 2 is 1.86 bits per heavy atom. The molecule has 0 saturated carbocycles. The minimum absolute atomic E-state index is 0.318. The fourth-order valence-corrected chi connectivity index (χ4v) is 2.38. The minimum Gasteiger partial charge on any atom is -0.497 e. The van der Waals surface area contributed by atoms with E-state index >= 15 is 0 Å². The summed E-state index contributed by atoms with van der Waals surface area (Å²) in [4.78, 5) is 24.9. The monoisotopic (exact) mass is 305 g/mol. The average Bonchev–Trinajstić information content (AvgIpc) is 2.92. The van der Waals surface area contributed by atoms with Crippen molar-refractivity contribution >= 4 is 28.9 Å². The maximum Gasteiger partial charge on any atom is 0.348 e. The fourth-order valence-electron chi connectivity index (χ4n) is 1.62. The number of esters is 1. The van der Waals surface area contributed by atoms with Gasteiger partial charge in [-0.3, -0.25) is 4.79 Å². The lowest BCUT2D eigenvalue weighted by molar-refractivity contribution is -0.119. The second-order valence-corrected chi connectivity index (χ2v) is 5.55. The third-order valence-corrected chi connectivity index (χ3v) is 3.63. The number of thiophene rings is 1. The summed E-state index contributed by atoms with van der Waals surface area (Å²) in [7, 11) is 1.57. The van der Waals surface area contributed by atoms with Crippen LogP contribution in [0.1, 0.15) is 14.5 Å². The van der Waals surface area contributed by atoms with Crippen molar-refractivity contribution in [2.45, 2.75) is 6.92 Å². The molecule has 1 heterocycles.